The van der Waals surface area contributed by atoms with Gasteiger partial charge >= 0.3 is 0 Å². The van der Waals surface area contributed by atoms with Crippen molar-refractivity contribution in [1.82, 2.24) is 19.9 Å². The highest BCUT2D eigenvalue weighted by atomic mass is 32.2. The van der Waals surface area contributed by atoms with Crippen molar-refractivity contribution in [2.24, 2.45) is 4.36 Å². The summed E-state index contributed by atoms with van der Waals surface area (Å²) in [7, 11) is -2.61. The molecule has 178 valence electrons. The number of aryl methyl sites for hydroxylation is 2. The molecule has 0 saturated heterocycles. The van der Waals surface area contributed by atoms with Gasteiger partial charge in [-0.25, -0.2) is 13.7 Å². The lowest BCUT2D eigenvalue weighted by molar-refractivity contribution is -0.126. The zero-order valence-corrected chi connectivity index (χ0v) is 20.4. The number of ether oxygens (including phenoxy) is 1. The molecule has 0 spiro atoms. The molecule has 2 aromatic heterocycles. The number of rotatable bonds is 7. The maximum atomic E-state index is 12.6. The Hall–Kier alpha value is -3.91. The van der Waals surface area contributed by atoms with Gasteiger partial charge in [0.2, 0.25) is 0 Å². The molecule has 3 rings (SSSR count). The summed E-state index contributed by atoms with van der Waals surface area (Å²) in [4.78, 5) is 29.1. The van der Waals surface area contributed by atoms with Crippen LogP contribution in [-0.4, -0.2) is 55.8 Å². The molecule has 0 saturated carbocycles. The second-order valence-electron chi connectivity index (χ2n) is 7.95. The number of nitrogens with one attached hydrogen (secondary N) is 2. The van der Waals surface area contributed by atoms with Gasteiger partial charge in [0.25, 0.3) is 11.8 Å². The molecule has 2 amide bonds. The summed E-state index contributed by atoms with van der Waals surface area (Å²) < 4.78 is 23.2. The van der Waals surface area contributed by atoms with Crippen LogP contribution < -0.4 is 15.4 Å². The van der Waals surface area contributed by atoms with Crippen molar-refractivity contribution >= 4 is 38.6 Å². The molecule has 11 heteroatoms. The van der Waals surface area contributed by atoms with Crippen molar-refractivity contribution in [3.63, 3.8) is 0 Å². The fourth-order valence-electron chi connectivity index (χ4n) is 3.20. The number of hydrogen-bond acceptors (Lipinski definition) is 7. The summed E-state index contributed by atoms with van der Waals surface area (Å²) in [6.07, 6.45) is 10.1. The van der Waals surface area contributed by atoms with E-state index in [0.717, 1.165) is 5.56 Å². The third-order valence-corrected chi connectivity index (χ3v) is 5.39. The van der Waals surface area contributed by atoms with Crippen LogP contribution in [0.3, 0.4) is 0 Å². The van der Waals surface area contributed by atoms with Crippen molar-refractivity contribution in [3.8, 4) is 18.1 Å². The van der Waals surface area contributed by atoms with Crippen molar-refractivity contribution in [2.45, 2.75) is 26.9 Å². The van der Waals surface area contributed by atoms with Gasteiger partial charge in [0.1, 0.15) is 17.6 Å². The highest BCUT2D eigenvalue weighted by molar-refractivity contribution is 7.92. The Kier molecular flexibility index (Phi) is 7.22. The van der Waals surface area contributed by atoms with Gasteiger partial charge in [-0.05, 0) is 44.0 Å². The van der Waals surface area contributed by atoms with E-state index in [9.17, 15) is 13.8 Å². The van der Waals surface area contributed by atoms with Crippen LogP contribution in [0.1, 0.15) is 28.4 Å². The molecule has 0 aliphatic rings. The number of benzene rings is 1. The number of nitrogens with zero attached hydrogens (tertiary/aromatic N) is 4. The predicted molar refractivity (Wildman–Crippen MR) is 131 cm³/mol. The van der Waals surface area contributed by atoms with Crippen LogP contribution in [0.25, 0.3) is 5.52 Å². The Morgan fingerprint density at radius 1 is 1.32 bits per heavy atom. The molecule has 0 unspecified atom stereocenters. The summed E-state index contributed by atoms with van der Waals surface area (Å²) in [5.74, 6) is 2.28. The smallest absolute Gasteiger partial charge is 0.286 e. The molecule has 0 aliphatic carbocycles. The minimum Gasteiger partial charge on any atom is -0.479 e. The average Bonchev–Trinajstić information content (AvgIpc) is 3.10. The zero-order valence-electron chi connectivity index (χ0n) is 19.6. The van der Waals surface area contributed by atoms with Gasteiger partial charge < -0.3 is 15.4 Å². The first kappa shape index (κ1) is 24.7. The number of amides is 2. The van der Waals surface area contributed by atoms with E-state index in [-0.39, 0.29) is 18.0 Å². The molecular weight excluding hydrogens is 456 g/mol. The number of terminal acetylenes is 1. The second-order valence-corrected chi connectivity index (χ2v) is 10.5. The third-order valence-electron chi connectivity index (χ3n) is 4.79. The third kappa shape index (κ3) is 5.71. The minimum atomic E-state index is -2.61. The van der Waals surface area contributed by atoms with E-state index in [4.69, 9.17) is 11.2 Å². The second kappa shape index (κ2) is 9.93. The van der Waals surface area contributed by atoms with Gasteiger partial charge in [0.05, 0.1) is 17.8 Å². The maximum absolute atomic E-state index is 12.6. The van der Waals surface area contributed by atoms with E-state index in [2.05, 4.69) is 31.0 Å². The Balaban J connectivity index is 1.99. The number of fused-ring (bicyclic) bond motifs is 1. The van der Waals surface area contributed by atoms with Crippen LogP contribution in [0.5, 0.6) is 5.75 Å². The van der Waals surface area contributed by atoms with E-state index in [1.54, 1.807) is 26.0 Å². The van der Waals surface area contributed by atoms with Gasteiger partial charge in [0, 0.05) is 28.4 Å². The SMILES string of the molecule is C#CCNC(=O)[C@@H](C)Oc1cc(C)ccc1Nc1ncnn2cc(C(=O)N=S(C)(C)=O)c(C)c12. The first-order valence-electron chi connectivity index (χ1n) is 10.3. The van der Waals surface area contributed by atoms with Crippen molar-refractivity contribution < 1.29 is 18.5 Å². The molecule has 0 radical (unpaired) electrons. The van der Waals surface area contributed by atoms with Crippen LogP contribution in [0.4, 0.5) is 11.5 Å². The van der Waals surface area contributed by atoms with Crippen LogP contribution >= 0.6 is 0 Å². The lowest BCUT2D eigenvalue weighted by Crippen LogP contribution is -2.36. The summed E-state index contributed by atoms with van der Waals surface area (Å²) in [6.45, 7) is 5.38. The van der Waals surface area contributed by atoms with Gasteiger partial charge in [0.15, 0.2) is 11.9 Å². The van der Waals surface area contributed by atoms with E-state index in [1.807, 2.05) is 13.0 Å². The molecule has 0 aliphatic heterocycles. The Morgan fingerprint density at radius 3 is 2.74 bits per heavy atom. The van der Waals surface area contributed by atoms with E-state index >= 15 is 0 Å². The molecule has 1 aromatic carbocycles. The lowest BCUT2D eigenvalue weighted by Gasteiger charge is -2.18. The monoisotopic (exact) mass is 482 g/mol. The first-order chi connectivity index (χ1) is 16.0. The minimum absolute atomic E-state index is 0.107. The quantitative estimate of drug-likeness (QED) is 0.495. The first-order valence-corrected chi connectivity index (χ1v) is 12.6. The number of carbonyl (C=O) groups is 2. The average molecular weight is 483 g/mol. The van der Waals surface area contributed by atoms with Gasteiger partial charge in [-0.15, -0.1) is 6.42 Å². The molecule has 1 atom stereocenters. The van der Waals surface area contributed by atoms with Gasteiger partial charge in [-0.3, -0.25) is 9.59 Å². The normalized spacial score (nSPS) is 12.0. The lowest BCUT2D eigenvalue weighted by atomic mass is 10.1. The molecule has 0 fully saturated rings. The van der Waals surface area contributed by atoms with E-state index in [0.29, 0.717) is 28.3 Å². The van der Waals surface area contributed by atoms with Crippen LogP contribution in [0.2, 0.25) is 0 Å². The highest BCUT2D eigenvalue weighted by Gasteiger charge is 2.20. The van der Waals surface area contributed by atoms with Crippen LogP contribution in [-0.2, 0) is 14.5 Å². The fourth-order valence-corrected chi connectivity index (χ4v) is 3.70. The van der Waals surface area contributed by atoms with Crippen molar-refractivity contribution in [2.75, 3.05) is 24.4 Å². The molecule has 0 bridgehead atoms. The molecule has 10 nitrogen and oxygen atoms in total. The molecule has 2 N–H and O–H groups in total. The number of anilines is 2. The standard InChI is InChI=1S/C23H26N6O4S/c1-7-10-24-22(30)16(4)33-19-11-14(2)8-9-18(19)27-21-20-15(3)17(12-29(20)26-13-25-21)23(31)28-34(5,6)32/h1,8-9,11-13,16H,10H2,2-6H3,(H,24,30)(H,25,26,27)/t16-/m1/s1. The number of hydrogen-bond donors (Lipinski definition) is 2. The largest absolute Gasteiger partial charge is 0.479 e. The molecule has 3 aromatic rings. The highest BCUT2D eigenvalue weighted by Crippen LogP contribution is 2.32. The summed E-state index contributed by atoms with van der Waals surface area (Å²) in [5.41, 5.74) is 2.90. The van der Waals surface area contributed by atoms with E-state index in [1.165, 1.54) is 29.6 Å². The number of aromatic nitrogens is 3. The van der Waals surface area contributed by atoms with Gasteiger partial charge in [-0.2, -0.15) is 9.46 Å². The predicted octanol–water partition coefficient (Wildman–Crippen LogP) is 2.47. The van der Waals surface area contributed by atoms with Crippen molar-refractivity contribution in [3.05, 3.63) is 47.4 Å². The Bertz CT molecular complexity index is 1420. The summed E-state index contributed by atoms with van der Waals surface area (Å²) in [5, 5.41) is 9.98. The summed E-state index contributed by atoms with van der Waals surface area (Å²) in [6, 6.07) is 5.48. The van der Waals surface area contributed by atoms with Crippen LogP contribution in [0.15, 0.2) is 35.1 Å². The zero-order chi connectivity index (χ0) is 25.0. The van der Waals surface area contributed by atoms with Crippen LogP contribution in [0, 0.1) is 26.2 Å². The Labute approximate surface area is 198 Å². The van der Waals surface area contributed by atoms with E-state index < -0.39 is 21.7 Å². The molecular formula is C23H26N6O4S. The van der Waals surface area contributed by atoms with Crippen molar-refractivity contribution in [1.29, 1.82) is 0 Å². The maximum Gasteiger partial charge on any atom is 0.286 e. The van der Waals surface area contributed by atoms with Gasteiger partial charge in [-0.1, -0.05) is 12.0 Å². The topological polar surface area (TPSA) is 127 Å². The fraction of sp³-hybridized carbons (Fsp3) is 0.304. The summed E-state index contributed by atoms with van der Waals surface area (Å²) >= 11 is 0. The molecule has 2 heterocycles. The Morgan fingerprint density at radius 2 is 2.06 bits per heavy atom. The number of carbonyl (C=O) groups excluding carboxylic acids is 2. The molecule has 34 heavy (non-hydrogen) atoms.